The lowest BCUT2D eigenvalue weighted by Crippen LogP contribution is -2.47. The first-order chi connectivity index (χ1) is 12.3. The van der Waals surface area contributed by atoms with Crippen LogP contribution in [0.1, 0.15) is 5.82 Å². The fourth-order valence-electron chi connectivity index (χ4n) is 3.22. The minimum atomic E-state index is 0.741. The molecule has 0 radical (unpaired) electrons. The lowest BCUT2D eigenvalue weighted by molar-refractivity contribution is 0.122. The van der Waals surface area contributed by atoms with Crippen LogP contribution in [0.3, 0.4) is 0 Å². The fraction of sp³-hybridized carbons (Fsp3) is 0.529. The van der Waals surface area contributed by atoms with E-state index in [1.165, 1.54) is 0 Å². The van der Waals surface area contributed by atoms with Gasteiger partial charge >= 0.3 is 0 Å². The SMILES string of the molecule is Cc1nccc(N2CCN(c3ccnc(N4CCOCC4)n3)CC2)n1. The number of piperazine rings is 1. The van der Waals surface area contributed by atoms with E-state index in [4.69, 9.17) is 9.72 Å². The number of nitrogens with zero attached hydrogens (tertiary/aromatic N) is 7. The standard InChI is InChI=1S/C17H23N7O/c1-14-18-4-2-15(20-14)22-6-8-23(9-7-22)16-3-5-19-17(21-16)24-10-12-25-13-11-24/h2-5H,6-13H2,1H3. The quantitative estimate of drug-likeness (QED) is 0.810. The molecule has 0 spiro atoms. The Kier molecular flexibility index (Phi) is 4.60. The summed E-state index contributed by atoms with van der Waals surface area (Å²) < 4.78 is 5.41. The van der Waals surface area contributed by atoms with Gasteiger partial charge in [-0.1, -0.05) is 0 Å². The summed E-state index contributed by atoms with van der Waals surface area (Å²) >= 11 is 0. The number of hydrogen-bond donors (Lipinski definition) is 0. The number of anilines is 3. The maximum absolute atomic E-state index is 5.41. The summed E-state index contributed by atoms with van der Waals surface area (Å²) in [5.74, 6) is 3.61. The predicted molar refractivity (Wildman–Crippen MR) is 96.3 cm³/mol. The zero-order valence-electron chi connectivity index (χ0n) is 14.5. The minimum absolute atomic E-state index is 0.741. The molecule has 8 nitrogen and oxygen atoms in total. The van der Waals surface area contributed by atoms with E-state index in [-0.39, 0.29) is 0 Å². The maximum Gasteiger partial charge on any atom is 0.227 e. The van der Waals surface area contributed by atoms with Gasteiger partial charge in [-0.3, -0.25) is 0 Å². The number of morpholine rings is 1. The van der Waals surface area contributed by atoms with E-state index in [9.17, 15) is 0 Å². The van der Waals surface area contributed by atoms with Crippen molar-refractivity contribution >= 4 is 17.6 Å². The first-order valence-corrected chi connectivity index (χ1v) is 8.75. The second-order valence-corrected chi connectivity index (χ2v) is 6.25. The molecule has 4 rings (SSSR count). The van der Waals surface area contributed by atoms with Crippen LogP contribution in [-0.4, -0.2) is 72.4 Å². The van der Waals surface area contributed by atoms with Gasteiger partial charge in [0, 0.05) is 51.7 Å². The molecule has 2 aliphatic rings. The van der Waals surface area contributed by atoms with Crippen molar-refractivity contribution < 1.29 is 4.74 Å². The van der Waals surface area contributed by atoms with Crippen LogP contribution < -0.4 is 14.7 Å². The molecule has 0 N–H and O–H groups in total. The second kappa shape index (κ2) is 7.18. The van der Waals surface area contributed by atoms with Crippen LogP contribution >= 0.6 is 0 Å². The first kappa shape index (κ1) is 16.0. The summed E-state index contributed by atoms with van der Waals surface area (Å²) in [4.78, 5) is 24.7. The summed E-state index contributed by atoms with van der Waals surface area (Å²) in [7, 11) is 0. The van der Waals surface area contributed by atoms with Gasteiger partial charge in [0.1, 0.15) is 17.5 Å². The Balaban J connectivity index is 1.42. The molecule has 0 bridgehead atoms. The van der Waals surface area contributed by atoms with E-state index in [0.29, 0.717) is 0 Å². The van der Waals surface area contributed by atoms with Crippen LogP contribution in [0.15, 0.2) is 24.5 Å². The van der Waals surface area contributed by atoms with Gasteiger partial charge < -0.3 is 19.4 Å². The highest BCUT2D eigenvalue weighted by atomic mass is 16.5. The molecule has 4 heterocycles. The Labute approximate surface area is 147 Å². The normalized spacial score (nSPS) is 18.5. The monoisotopic (exact) mass is 341 g/mol. The molecular formula is C17H23N7O. The molecule has 0 aliphatic carbocycles. The largest absolute Gasteiger partial charge is 0.378 e. The first-order valence-electron chi connectivity index (χ1n) is 8.75. The third kappa shape index (κ3) is 3.63. The molecule has 0 saturated carbocycles. The van der Waals surface area contributed by atoms with Crippen molar-refractivity contribution in [1.29, 1.82) is 0 Å². The van der Waals surface area contributed by atoms with E-state index < -0.39 is 0 Å². The lowest BCUT2D eigenvalue weighted by atomic mass is 10.3. The zero-order valence-corrected chi connectivity index (χ0v) is 14.5. The van der Waals surface area contributed by atoms with Gasteiger partial charge in [-0.05, 0) is 19.1 Å². The van der Waals surface area contributed by atoms with Crippen LogP contribution in [0, 0.1) is 6.92 Å². The molecule has 0 atom stereocenters. The third-order valence-corrected chi connectivity index (χ3v) is 4.61. The third-order valence-electron chi connectivity index (χ3n) is 4.61. The lowest BCUT2D eigenvalue weighted by Gasteiger charge is -2.36. The smallest absolute Gasteiger partial charge is 0.227 e. The molecule has 0 unspecified atom stereocenters. The van der Waals surface area contributed by atoms with Crippen LogP contribution in [-0.2, 0) is 4.74 Å². The van der Waals surface area contributed by atoms with Crippen LogP contribution in [0.2, 0.25) is 0 Å². The number of rotatable bonds is 3. The molecule has 2 fully saturated rings. The van der Waals surface area contributed by atoms with Crippen molar-refractivity contribution in [3.63, 3.8) is 0 Å². The number of aryl methyl sites for hydroxylation is 1. The summed E-state index contributed by atoms with van der Waals surface area (Å²) in [6, 6.07) is 3.97. The summed E-state index contributed by atoms with van der Waals surface area (Å²) in [5.41, 5.74) is 0. The zero-order chi connectivity index (χ0) is 17.1. The van der Waals surface area contributed by atoms with Crippen molar-refractivity contribution in [2.24, 2.45) is 0 Å². The van der Waals surface area contributed by atoms with Gasteiger partial charge in [0.05, 0.1) is 13.2 Å². The Morgan fingerprint density at radius 3 is 2.00 bits per heavy atom. The maximum atomic E-state index is 5.41. The van der Waals surface area contributed by atoms with Crippen molar-refractivity contribution in [3.8, 4) is 0 Å². The topological polar surface area (TPSA) is 70.5 Å². The van der Waals surface area contributed by atoms with E-state index in [2.05, 4.69) is 29.7 Å². The highest BCUT2D eigenvalue weighted by molar-refractivity contribution is 5.47. The van der Waals surface area contributed by atoms with E-state index >= 15 is 0 Å². The Morgan fingerprint density at radius 2 is 1.36 bits per heavy atom. The van der Waals surface area contributed by atoms with Gasteiger partial charge in [-0.15, -0.1) is 0 Å². The molecule has 2 aromatic rings. The van der Waals surface area contributed by atoms with Gasteiger partial charge in [0.25, 0.3) is 0 Å². The van der Waals surface area contributed by atoms with E-state index in [1.54, 1.807) is 0 Å². The second-order valence-electron chi connectivity index (χ2n) is 6.25. The molecule has 2 saturated heterocycles. The van der Waals surface area contributed by atoms with Crippen LogP contribution in [0.25, 0.3) is 0 Å². The molecular weight excluding hydrogens is 318 g/mol. The minimum Gasteiger partial charge on any atom is -0.378 e. The van der Waals surface area contributed by atoms with Gasteiger partial charge in [-0.2, -0.15) is 4.98 Å². The highest BCUT2D eigenvalue weighted by Crippen LogP contribution is 2.19. The molecule has 2 aromatic heterocycles. The van der Waals surface area contributed by atoms with E-state index in [0.717, 1.165) is 75.9 Å². The Bertz CT molecular complexity index is 712. The Hall–Kier alpha value is -2.48. The molecule has 2 aliphatic heterocycles. The average Bonchev–Trinajstić information content (AvgIpc) is 2.69. The Morgan fingerprint density at radius 1 is 0.760 bits per heavy atom. The van der Waals surface area contributed by atoms with Crippen molar-refractivity contribution in [2.75, 3.05) is 67.2 Å². The van der Waals surface area contributed by atoms with Gasteiger partial charge in [-0.25, -0.2) is 15.0 Å². The van der Waals surface area contributed by atoms with Gasteiger partial charge in [0.15, 0.2) is 0 Å². The van der Waals surface area contributed by atoms with Crippen molar-refractivity contribution in [3.05, 3.63) is 30.4 Å². The van der Waals surface area contributed by atoms with Crippen LogP contribution in [0.4, 0.5) is 17.6 Å². The predicted octanol–water partition coefficient (Wildman–Crippen LogP) is 0.738. The molecule has 132 valence electrons. The summed E-state index contributed by atoms with van der Waals surface area (Å²) in [6.07, 6.45) is 3.68. The molecule has 0 aromatic carbocycles. The summed E-state index contributed by atoms with van der Waals surface area (Å²) in [5, 5.41) is 0. The number of hydrogen-bond acceptors (Lipinski definition) is 8. The summed E-state index contributed by atoms with van der Waals surface area (Å²) in [6.45, 7) is 8.80. The van der Waals surface area contributed by atoms with Crippen molar-refractivity contribution in [1.82, 2.24) is 19.9 Å². The van der Waals surface area contributed by atoms with E-state index in [1.807, 2.05) is 31.5 Å². The van der Waals surface area contributed by atoms with Crippen molar-refractivity contribution in [2.45, 2.75) is 6.92 Å². The molecule has 8 heteroatoms. The molecule has 25 heavy (non-hydrogen) atoms. The number of aromatic nitrogens is 4. The highest BCUT2D eigenvalue weighted by Gasteiger charge is 2.21. The fourth-order valence-corrected chi connectivity index (χ4v) is 3.22. The number of ether oxygens (including phenoxy) is 1. The molecule has 0 amide bonds. The van der Waals surface area contributed by atoms with Gasteiger partial charge in [0.2, 0.25) is 5.95 Å². The average molecular weight is 341 g/mol. The van der Waals surface area contributed by atoms with Crippen LogP contribution in [0.5, 0.6) is 0 Å².